The molecule has 0 amide bonds. The summed E-state index contributed by atoms with van der Waals surface area (Å²) in [5, 5.41) is 0. The fourth-order valence-electron chi connectivity index (χ4n) is 3.23. The Morgan fingerprint density at radius 2 is 2.18 bits per heavy atom. The number of fused-ring (bicyclic) bond motifs is 1. The van der Waals surface area contributed by atoms with Gasteiger partial charge in [-0.25, -0.2) is 9.97 Å². The summed E-state index contributed by atoms with van der Waals surface area (Å²) in [5.74, 6) is 1.03. The fraction of sp³-hybridized carbons (Fsp3) is 0.500. The van der Waals surface area contributed by atoms with Gasteiger partial charge in [0.1, 0.15) is 0 Å². The van der Waals surface area contributed by atoms with Gasteiger partial charge in [-0.2, -0.15) is 0 Å². The van der Waals surface area contributed by atoms with Crippen LogP contribution in [-0.2, 0) is 24.9 Å². The minimum atomic E-state index is 0.337. The van der Waals surface area contributed by atoms with Crippen molar-refractivity contribution >= 4 is 0 Å². The maximum absolute atomic E-state index is 5.40. The Morgan fingerprint density at radius 3 is 2.95 bits per heavy atom. The van der Waals surface area contributed by atoms with Crippen LogP contribution in [0.25, 0.3) is 0 Å². The summed E-state index contributed by atoms with van der Waals surface area (Å²) in [5.41, 5.74) is 3.52. The van der Waals surface area contributed by atoms with Gasteiger partial charge in [0.15, 0.2) is 0 Å². The number of aryl methyl sites for hydroxylation is 1. The lowest BCUT2D eigenvalue weighted by atomic mass is 9.98. The summed E-state index contributed by atoms with van der Waals surface area (Å²) in [6.07, 6.45) is 3.64. The van der Waals surface area contributed by atoms with E-state index in [1.165, 1.54) is 5.69 Å². The van der Waals surface area contributed by atoms with Crippen LogP contribution in [0.4, 0.5) is 0 Å². The van der Waals surface area contributed by atoms with Crippen molar-refractivity contribution in [2.75, 3.05) is 27.4 Å². The second-order valence-electron chi connectivity index (χ2n) is 5.68. The predicted octanol–water partition coefficient (Wildman–Crippen LogP) is 1.57. The van der Waals surface area contributed by atoms with E-state index in [2.05, 4.69) is 25.5 Å². The highest BCUT2D eigenvalue weighted by Crippen LogP contribution is 2.29. The Kier molecular flexibility index (Phi) is 4.40. The van der Waals surface area contributed by atoms with Crippen LogP contribution in [0.5, 0.6) is 5.88 Å². The van der Waals surface area contributed by atoms with Crippen molar-refractivity contribution in [2.45, 2.75) is 19.0 Å². The number of imidazole rings is 1. The van der Waals surface area contributed by atoms with Crippen LogP contribution in [0.3, 0.4) is 0 Å². The summed E-state index contributed by atoms with van der Waals surface area (Å²) in [4.78, 5) is 11.2. The Morgan fingerprint density at radius 1 is 1.32 bits per heavy atom. The van der Waals surface area contributed by atoms with Gasteiger partial charge >= 0.3 is 0 Å². The van der Waals surface area contributed by atoms with Crippen molar-refractivity contribution in [3.8, 4) is 5.88 Å². The maximum Gasteiger partial charge on any atom is 0.217 e. The maximum atomic E-state index is 5.40. The molecule has 2 aromatic heterocycles. The Balaban J connectivity index is 1.82. The van der Waals surface area contributed by atoms with Crippen molar-refractivity contribution in [1.82, 2.24) is 19.4 Å². The molecule has 118 valence electrons. The quantitative estimate of drug-likeness (QED) is 0.839. The van der Waals surface area contributed by atoms with Crippen LogP contribution in [0.15, 0.2) is 24.7 Å². The summed E-state index contributed by atoms with van der Waals surface area (Å²) in [6.45, 7) is 3.29. The number of hydrogen-bond donors (Lipinski definition) is 0. The molecule has 3 heterocycles. The van der Waals surface area contributed by atoms with E-state index in [-0.39, 0.29) is 0 Å². The lowest BCUT2D eigenvalue weighted by molar-refractivity contribution is 0.131. The molecule has 0 N–H and O–H groups in total. The normalized spacial score (nSPS) is 18.2. The van der Waals surface area contributed by atoms with Crippen LogP contribution < -0.4 is 4.74 Å². The molecule has 1 aliphatic rings. The molecule has 0 aromatic carbocycles. The van der Waals surface area contributed by atoms with Gasteiger partial charge in [-0.05, 0) is 6.07 Å². The second-order valence-corrected chi connectivity index (χ2v) is 5.68. The number of hydrogen-bond acceptors (Lipinski definition) is 5. The van der Waals surface area contributed by atoms with Crippen molar-refractivity contribution in [3.05, 3.63) is 41.6 Å². The smallest absolute Gasteiger partial charge is 0.217 e. The number of rotatable bonds is 5. The van der Waals surface area contributed by atoms with Gasteiger partial charge in [-0.3, -0.25) is 4.90 Å². The molecule has 2 aromatic rings. The minimum Gasteiger partial charge on any atom is -0.481 e. The first-order chi connectivity index (χ1) is 10.7. The standard InChI is InChI=1S/C16H22N4O2/c1-19-11-18-14-9-20(8-13(10-21-2)15(14)19)7-12-5-4-6-17-16(12)22-3/h4-6,11,13H,7-10H2,1-3H3/t13-/m0/s1. The van der Waals surface area contributed by atoms with Crippen LogP contribution in [-0.4, -0.2) is 46.8 Å². The Hall–Kier alpha value is -1.92. The van der Waals surface area contributed by atoms with E-state index in [1.807, 2.05) is 19.4 Å². The van der Waals surface area contributed by atoms with Gasteiger partial charge in [0.2, 0.25) is 5.88 Å². The van der Waals surface area contributed by atoms with E-state index in [9.17, 15) is 0 Å². The zero-order chi connectivity index (χ0) is 15.5. The molecule has 1 atom stereocenters. The molecule has 0 saturated carbocycles. The summed E-state index contributed by atoms with van der Waals surface area (Å²) in [6, 6.07) is 4.01. The van der Waals surface area contributed by atoms with Crippen LogP contribution in [0.1, 0.15) is 22.9 Å². The first-order valence-corrected chi connectivity index (χ1v) is 7.42. The van der Waals surface area contributed by atoms with Gasteiger partial charge in [0, 0.05) is 57.2 Å². The monoisotopic (exact) mass is 302 g/mol. The third-order valence-electron chi connectivity index (χ3n) is 4.11. The van der Waals surface area contributed by atoms with Crippen LogP contribution in [0.2, 0.25) is 0 Å². The lowest BCUT2D eigenvalue weighted by Gasteiger charge is -2.32. The molecule has 1 aliphatic heterocycles. The summed E-state index contributed by atoms with van der Waals surface area (Å²) in [7, 11) is 5.46. The molecule has 6 heteroatoms. The van der Waals surface area contributed by atoms with E-state index >= 15 is 0 Å². The highest BCUT2D eigenvalue weighted by atomic mass is 16.5. The van der Waals surface area contributed by atoms with E-state index in [0.29, 0.717) is 18.4 Å². The van der Waals surface area contributed by atoms with E-state index in [1.54, 1.807) is 20.4 Å². The van der Waals surface area contributed by atoms with Crippen molar-refractivity contribution in [1.29, 1.82) is 0 Å². The number of nitrogens with zero attached hydrogens (tertiary/aromatic N) is 4. The average Bonchev–Trinajstić information content (AvgIpc) is 2.90. The fourth-order valence-corrected chi connectivity index (χ4v) is 3.23. The Bertz CT molecular complexity index is 641. The number of aromatic nitrogens is 3. The highest BCUT2D eigenvalue weighted by molar-refractivity contribution is 5.27. The zero-order valence-electron chi connectivity index (χ0n) is 13.3. The van der Waals surface area contributed by atoms with Gasteiger partial charge in [-0.15, -0.1) is 0 Å². The number of pyridine rings is 1. The first-order valence-electron chi connectivity index (χ1n) is 7.42. The van der Waals surface area contributed by atoms with Crippen molar-refractivity contribution in [3.63, 3.8) is 0 Å². The van der Waals surface area contributed by atoms with Crippen molar-refractivity contribution in [2.24, 2.45) is 7.05 Å². The molecular weight excluding hydrogens is 280 g/mol. The average molecular weight is 302 g/mol. The molecule has 0 radical (unpaired) electrons. The molecule has 0 aliphatic carbocycles. The molecule has 0 fully saturated rings. The van der Waals surface area contributed by atoms with Crippen molar-refractivity contribution < 1.29 is 9.47 Å². The van der Waals surface area contributed by atoms with Crippen LogP contribution in [0, 0.1) is 0 Å². The topological polar surface area (TPSA) is 52.4 Å². The van der Waals surface area contributed by atoms with Gasteiger partial charge in [0.05, 0.1) is 25.7 Å². The molecule has 0 spiro atoms. The second kappa shape index (κ2) is 6.46. The van der Waals surface area contributed by atoms with E-state index < -0.39 is 0 Å². The Labute approximate surface area is 130 Å². The molecule has 0 bridgehead atoms. The van der Waals surface area contributed by atoms with Gasteiger partial charge in [-0.1, -0.05) is 6.07 Å². The van der Waals surface area contributed by atoms with E-state index in [0.717, 1.165) is 30.9 Å². The molecule has 6 nitrogen and oxygen atoms in total. The molecule has 22 heavy (non-hydrogen) atoms. The zero-order valence-corrected chi connectivity index (χ0v) is 13.3. The highest BCUT2D eigenvalue weighted by Gasteiger charge is 2.29. The molecule has 3 rings (SSSR count). The third kappa shape index (κ3) is 2.84. The predicted molar refractivity (Wildman–Crippen MR) is 82.7 cm³/mol. The van der Waals surface area contributed by atoms with Crippen LogP contribution >= 0.6 is 0 Å². The minimum absolute atomic E-state index is 0.337. The summed E-state index contributed by atoms with van der Waals surface area (Å²) < 4.78 is 12.9. The molecule has 0 saturated heterocycles. The molecule has 0 unspecified atom stereocenters. The number of ether oxygens (including phenoxy) is 2. The lowest BCUT2D eigenvalue weighted by Crippen LogP contribution is -2.35. The SMILES string of the molecule is COC[C@@H]1CN(Cc2cccnc2OC)Cc2ncn(C)c21. The number of methoxy groups -OCH3 is 2. The van der Waals surface area contributed by atoms with Gasteiger partial charge < -0.3 is 14.0 Å². The third-order valence-corrected chi connectivity index (χ3v) is 4.11. The first kappa shape index (κ1) is 15.0. The van der Waals surface area contributed by atoms with E-state index in [4.69, 9.17) is 9.47 Å². The summed E-state index contributed by atoms with van der Waals surface area (Å²) >= 11 is 0. The molecular formula is C16H22N4O2. The largest absolute Gasteiger partial charge is 0.481 e. The van der Waals surface area contributed by atoms with Gasteiger partial charge in [0.25, 0.3) is 0 Å².